The number of pyridine rings is 1. The van der Waals surface area contributed by atoms with Crippen molar-refractivity contribution in [3.05, 3.63) is 77.9 Å². The summed E-state index contributed by atoms with van der Waals surface area (Å²) in [6, 6.07) is 10.9. The molecule has 3 rings (SSSR count). The van der Waals surface area contributed by atoms with Gasteiger partial charge in [-0.05, 0) is 42.8 Å². The van der Waals surface area contributed by atoms with E-state index in [0.29, 0.717) is 12.1 Å². The molecule has 0 fully saturated rings. The number of nitrogens with one attached hydrogen (secondary N) is 2. The van der Waals surface area contributed by atoms with Gasteiger partial charge in [0.2, 0.25) is 5.91 Å². The summed E-state index contributed by atoms with van der Waals surface area (Å²) >= 11 is 0. The minimum atomic E-state index is -0.148. The van der Waals surface area contributed by atoms with Crippen LogP contribution in [0.5, 0.6) is 0 Å². The average molecular weight is 391 g/mol. The van der Waals surface area contributed by atoms with Crippen LogP contribution in [0.15, 0.2) is 61.2 Å². The molecular weight excluding hydrogens is 366 g/mol. The molecule has 2 amide bonds. The van der Waals surface area contributed by atoms with Gasteiger partial charge >= 0.3 is 0 Å². The molecule has 0 aliphatic heterocycles. The molecule has 29 heavy (non-hydrogen) atoms. The number of rotatable bonds is 7. The molecule has 1 aromatic carbocycles. The van der Waals surface area contributed by atoms with Crippen LogP contribution in [-0.4, -0.2) is 26.6 Å². The highest BCUT2D eigenvalue weighted by molar-refractivity contribution is 5.94. The van der Waals surface area contributed by atoms with Crippen LogP contribution in [0.4, 0.5) is 0 Å². The third kappa shape index (κ3) is 5.28. The first-order chi connectivity index (χ1) is 13.9. The Bertz CT molecular complexity index is 964. The molecule has 0 saturated carbocycles. The van der Waals surface area contributed by atoms with Gasteiger partial charge in [-0.2, -0.15) is 5.10 Å². The second kappa shape index (κ2) is 9.14. The van der Waals surface area contributed by atoms with Gasteiger partial charge in [0.25, 0.3) is 5.91 Å². The number of nitrogens with zero attached hydrogens (tertiary/aromatic N) is 3. The Morgan fingerprint density at radius 2 is 1.83 bits per heavy atom. The topological polar surface area (TPSA) is 88.9 Å². The van der Waals surface area contributed by atoms with Crippen LogP contribution in [-0.2, 0) is 11.3 Å². The Balaban J connectivity index is 1.61. The molecule has 2 heterocycles. The summed E-state index contributed by atoms with van der Waals surface area (Å²) < 4.78 is 1.72. The van der Waals surface area contributed by atoms with Crippen LogP contribution in [0, 0.1) is 5.92 Å². The van der Waals surface area contributed by atoms with Crippen molar-refractivity contribution in [1.29, 1.82) is 0 Å². The summed E-state index contributed by atoms with van der Waals surface area (Å²) in [6.45, 7) is 6.07. The van der Waals surface area contributed by atoms with E-state index < -0.39 is 0 Å². The summed E-state index contributed by atoms with van der Waals surface area (Å²) in [7, 11) is 0. The first kappa shape index (κ1) is 20.3. The average Bonchev–Trinajstić information content (AvgIpc) is 3.21. The molecule has 7 nitrogen and oxygen atoms in total. The number of benzene rings is 1. The smallest absolute Gasteiger partial charge is 0.251 e. The molecule has 0 saturated heterocycles. The van der Waals surface area contributed by atoms with E-state index in [4.69, 9.17) is 0 Å². The Morgan fingerprint density at radius 1 is 1.07 bits per heavy atom. The van der Waals surface area contributed by atoms with Crippen molar-refractivity contribution < 1.29 is 9.59 Å². The van der Waals surface area contributed by atoms with Crippen LogP contribution < -0.4 is 10.6 Å². The number of carbonyl (C=O) groups excluding carboxylic acids is 2. The summed E-state index contributed by atoms with van der Waals surface area (Å²) in [5, 5.41) is 10.2. The Morgan fingerprint density at radius 3 is 2.48 bits per heavy atom. The number of carbonyl (C=O) groups is 2. The summed E-state index contributed by atoms with van der Waals surface area (Å²) in [6.07, 6.45) is 7.03. The minimum absolute atomic E-state index is 0.00799. The molecule has 2 N–H and O–H groups in total. The van der Waals surface area contributed by atoms with Crippen LogP contribution in [0.2, 0.25) is 0 Å². The summed E-state index contributed by atoms with van der Waals surface area (Å²) in [5.74, 6) is -0.191. The number of aromatic nitrogens is 3. The SMILES string of the molecule is CC(C)C(=O)NCc1cnn(-c2ccc(C(=O)N[C@@H](C)c3cccnc3)cc2)c1. The van der Waals surface area contributed by atoms with Crippen molar-refractivity contribution in [3.63, 3.8) is 0 Å². The Kier molecular flexibility index (Phi) is 6.39. The highest BCUT2D eigenvalue weighted by Crippen LogP contribution is 2.14. The third-order valence-corrected chi connectivity index (χ3v) is 4.55. The van der Waals surface area contributed by atoms with E-state index in [1.54, 1.807) is 35.4 Å². The van der Waals surface area contributed by atoms with Crippen LogP contribution in [0.1, 0.15) is 48.3 Å². The predicted molar refractivity (Wildman–Crippen MR) is 110 cm³/mol. The molecule has 0 radical (unpaired) electrons. The quantitative estimate of drug-likeness (QED) is 0.648. The maximum Gasteiger partial charge on any atom is 0.251 e. The van der Waals surface area contributed by atoms with E-state index in [2.05, 4.69) is 20.7 Å². The fourth-order valence-corrected chi connectivity index (χ4v) is 2.75. The van der Waals surface area contributed by atoms with E-state index in [0.717, 1.165) is 16.8 Å². The first-order valence-corrected chi connectivity index (χ1v) is 9.56. The highest BCUT2D eigenvalue weighted by Gasteiger charge is 2.12. The van der Waals surface area contributed by atoms with Gasteiger partial charge < -0.3 is 10.6 Å². The second-order valence-electron chi connectivity index (χ2n) is 7.19. The number of hydrogen-bond donors (Lipinski definition) is 2. The zero-order chi connectivity index (χ0) is 20.8. The molecule has 150 valence electrons. The zero-order valence-corrected chi connectivity index (χ0v) is 16.8. The zero-order valence-electron chi connectivity index (χ0n) is 16.8. The molecule has 7 heteroatoms. The van der Waals surface area contributed by atoms with E-state index in [1.165, 1.54) is 0 Å². The lowest BCUT2D eigenvalue weighted by molar-refractivity contribution is -0.124. The highest BCUT2D eigenvalue weighted by atomic mass is 16.2. The number of amides is 2. The first-order valence-electron chi connectivity index (χ1n) is 9.56. The normalized spacial score (nSPS) is 11.9. The van der Waals surface area contributed by atoms with Crippen molar-refractivity contribution in [1.82, 2.24) is 25.4 Å². The van der Waals surface area contributed by atoms with Gasteiger partial charge in [-0.1, -0.05) is 19.9 Å². The molecule has 0 aliphatic rings. The fourth-order valence-electron chi connectivity index (χ4n) is 2.75. The molecule has 0 spiro atoms. The fraction of sp³-hybridized carbons (Fsp3) is 0.273. The predicted octanol–water partition coefficient (Wildman–Crippen LogP) is 3.03. The molecular formula is C22H25N5O2. The molecule has 3 aromatic rings. The lowest BCUT2D eigenvalue weighted by atomic mass is 10.1. The van der Waals surface area contributed by atoms with Crippen molar-refractivity contribution >= 4 is 11.8 Å². The minimum Gasteiger partial charge on any atom is -0.352 e. The van der Waals surface area contributed by atoms with Crippen molar-refractivity contribution in [2.24, 2.45) is 5.92 Å². The Labute approximate surface area is 170 Å². The Hall–Kier alpha value is -3.48. The summed E-state index contributed by atoms with van der Waals surface area (Å²) in [4.78, 5) is 28.3. The van der Waals surface area contributed by atoms with Crippen molar-refractivity contribution in [2.75, 3.05) is 0 Å². The van der Waals surface area contributed by atoms with Gasteiger partial charge in [0.15, 0.2) is 0 Å². The van der Waals surface area contributed by atoms with Crippen LogP contribution >= 0.6 is 0 Å². The van der Waals surface area contributed by atoms with Gasteiger partial charge in [0, 0.05) is 42.2 Å². The lowest BCUT2D eigenvalue weighted by Crippen LogP contribution is -2.26. The van der Waals surface area contributed by atoms with E-state index >= 15 is 0 Å². The van der Waals surface area contributed by atoms with Gasteiger partial charge in [0.1, 0.15) is 0 Å². The van der Waals surface area contributed by atoms with Crippen LogP contribution in [0.3, 0.4) is 0 Å². The van der Waals surface area contributed by atoms with Crippen molar-refractivity contribution in [3.8, 4) is 5.69 Å². The van der Waals surface area contributed by atoms with Gasteiger partial charge in [-0.25, -0.2) is 4.68 Å². The van der Waals surface area contributed by atoms with Crippen molar-refractivity contribution in [2.45, 2.75) is 33.4 Å². The lowest BCUT2D eigenvalue weighted by Gasteiger charge is -2.14. The number of hydrogen-bond acceptors (Lipinski definition) is 4. The maximum atomic E-state index is 12.5. The maximum absolute atomic E-state index is 12.5. The third-order valence-electron chi connectivity index (χ3n) is 4.55. The molecule has 0 unspecified atom stereocenters. The molecule has 2 aromatic heterocycles. The largest absolute Gasteiger partial charge is 0.352 e. The molecule has 0 aliphatic carbocycles. The van der Waals surface area contributed by atoms with E-state index in [9.17, 15) is 9.59 Å². The molecule has 1 atom stereocenters. The molecule has 0 bridgehead atoms. The summed E-state index contributed by atoms with van der Waals surface area (Å²) in [5.41, 5.74) is 3.27. The van der Waals surface area contributed by atoms with E-state index in [1.807, 2.05) is 51.2 Å². The standard InChI is InChI=1S/C22H25N5O2/c1-15(2)21(28)24-11-17-12-25-27(14-17)20-8-6-18(7-9-20)22(29)26-16(3)19-5-4-10-23-13-19/h4-10,12-16H,11H2,1-3H3,(H,24,28)(H,26,29)/t16-/m0/s1. The van der Waals surface area contributed by atoms with Gasteiger partial charge in [-0.3, -0.25) is 14.6 Å². The second-order valence-corrected chi connectivity index (χ2v) is 7.19. The van der Waals surface area contributed by atoms with Gasteiger partial charge in [0.05, 0.1) is 17.9 Å². The van der Waals surface area contributed by atoms with Crippen LogP contribution in [0.25, 0.3) is 5.69 Å². The monoisotopic (exact) mass is 391 g/mol. The van der Waals surface area contributed by atoms with E-state index in [-0.39, 0.29) is 23.8 Å². The van der Waals surface area contributed by atoms with Gasteiger partial charge in [-0.15, -0.1) is 0 Å².